The van der Waals surface area contributed by atoms with Gasteiger partial charge in [-0.25, -0.2) is 0 Å². The molecule has 3 heteroatoms. The van der Waals surface area contributed by atoms with Crippen LogP contribution in [0.2, 0.25) is 0 Å². The topological polar surface area (TPSA) is 40.5 Å². The Morgan fingerprint density at radius 2 is 2.06 bits per heavy atom. The highest BCUT2D eigenvalue weighted by Gasteiger charge is 2.30. The van der Waals surface area contributed by atoms with E-state index in [0.717, 1.165) is 37.9 Å². The van der Waals surface area contributed by atoms with E-state index >= 15 is 0 Å². The van der Waals surface area contributed by atoms with Crippen LogP contribution in [0, 0.1) is 17.8 Å². The Hall–Kier alpha value is -0.570. The summed E-state index contributed by atoms with van der Waals surface area (Å²) in [6.07, 6.45) is 7.66. The van der Waals surface area contributed by atoms with Gasteiger partial charge in [-0.05, 0) is 37.6 Å². The average molecular weight is 239 g/mol. The zero-order chi connectivity index (χ0) is 12.3. The second kappa shape index (κ2) is 5.85. The molecular formula is C14H25NO2. The first-order valence-electron chi connectivity index (χ1n) is 7.14. The van der Waals surface area contributed by atoms with Crippen molar-refractivity contribution in [2.24, 2.45) is 17.8 Å². The van der Waals surface area contributed by atoms with Crippen LogP contribution in [0.4, 0.5) is 0 Å². The quantitative estimate of drug-likeness (QED) is 0.820. The van der Waals surface area contributed by atoms with Gasteiger partial charge in [0.05, 0.1) is 5.92 Å². The summed E-state index contributed by atoms with van der Waals surface area (Å²) in [7, 11) is 0. The summed E-state index contributed by atoms with van der Waals surface area (Å²) in [4.78, 5) is 13.3. The number of aliphatic carboxylic acids is 1. The van der Waals surface area contributed by atoms with Crippen molar-refractivity contribution in [3.05, 3.63) is 0 Å². The van der Waals surface area contributed by atoms with Gasteiger partial charge in [0.15, 0.2) is 0 Å². The fourth-order valence-electron chi connectivity index (χ4n) is 3.50. The molecule has 3 atom stereocenters. The maximum atomic E-state index is 10.9. The highest BCUT2D eigenvalue weighted by Crippen LogP contribution is 2.32. The lowest BCUT2D eigenvalue weighted by Crippen LogP contribution is -2.31. The van der Waals surface area contributed by atoms with E-state index in [1.54, 1.807) is 0 Å². The maximum Gasteiger partial charge on any atom is 0.307 e. The molecule has 0 aromatic carbocycles. The number of hydrogen-bond donors (Lipinski definition) is 1. The van der Waals surface area contributed by atoms with E-state index < -0.39 is 5.97 Å². The summed E-state index contributed by atoms with van der Waals surface area (Å²) in [5.41, 5.74) is 0. The van der Waals surface area contributed by atoms with Crippen molar-refractivity contribution in [1.82, 2.24) is 4.90 Å². The van der Waals surface area contributed by atoms with Gasteiger partial charge >= 0.3 is 5.97 Å². The minimum atomic E-state index is -0.609. The summed E-state index contributed by atoms with van der Waals surface area (Å²) in [6, 6.07) is 0. The van der Waals surface area contributed by atoms with Crippen LogP contribution in [0.15, 0.2) is 0 Å². The summed E-state index contributed by atoms with van der Waals surface area (Å²) in [6.45, 7) is 5.20. The van der Waals surface area contributed by atoms with Crippen LogP contribution in [-0.2, 0) is 4.79 Å². The molecule has 1 saturated heterocycles. The van der Waals surface area contributed by atoms with Crippen molar-refractivity contribution in [1.29, 1.82) is 0 Å². The molecule has 3 nitrogen and oxygen atoms in total. The fourth-order valence-corrected chi connectivity index (χ4v) is 3.50. The first kappa shape index (κ1) is 12.9. The molecule has 98 valence electrons. The van der Waals surface area contributed by atoms with Crippen molar-refractivity contribution >= 4 is 5.97 Å². The molecule has 0 aromatic heterocycles. The molecule has 1 aliphatic heterocycles. The molecule has 2 aliphatic rings. The molecule has 1 aliphatic carbocycles. The molecule has 2 rings (SSSR count). The van der Waals surface area contributed by atoms with Gasteiger partial charge in [0, 0.05) is 13.1 Å². The number of carboxylic acid groups (broad SMARTS) is 1. The van der Waals surface area contributed by atoms with Crippen molar-refractivity contribution in [3.8, 4) is 0 Å². The number of likely N-dealkylation sites (tertiary alicyclic amines) is 1. The molecule has 0 bridgehead atoms. The Kier molecular flexibility index (Phi) is 4.43. The van der Waals surface area contributed by atoms with Gasteiger partial charge in [-0.3, -0.25) is 4.79 Å². The normalized spacial score (nSPS) is 35.0. The van der Waals surface area contributed by atoms with Crippen LogP contribution in [0.5, 0.6) is 0 Å². The largest absolute Gasteiger partial charge is 0.481 e. The number of hydrogen-bond acceptors (Lipinski definition) is 2. The molecule has 0 spiro atoms. The smallest absolute Gasteiger partial charge is 0.307 e. The molecule has 17 heavy (non-hydrogen) atoms. The van der Waals surface area contributed by atoms with Crippen molar-refractivity contribution in [2.75, 3.05) is 19.6 Å². The van der Waals surface area contributed by atoms with Crippen LogP contribution in [-0.4, -0.2) is 35.6 Å². The Morgan fingerprint density at radius 3 is 2.71 bits per heavy atom. The number of carbonyl (C=O) groups is 1. The van der Waals surface area contributed by atoms with Crippen molar-refractivity contribution < 1.29 is 9.90 Å². The van der Waals surface area contributed by atoms with Gasteiger partial charge < -0.3 is 10.0 Å². The second-order valence-electron chi connectivity index (χ2n) is 5.89. The van der Waals surface area contributed by atoms with Gasteiger partial charge in [0.1, 0.15) is 0 Å². The van der Waals surface area contributed by atoms with Crippen LogP contribution in [0.1, 0.15) is 45.4 Å². The van der Waals surface area contributed by atoms with Gasteiger partial charge in [0.25, 0.3) is 0 Å². The lowest BCUT2D eigenvalue weighted by molar-refractivity contribution is -0.141. The summed E-state index contributed by atoms with van der Waals surface area (Å²) < 4.78 is 0. The SMILES string of the molecule is CCC1CCCC(CN2CCC(C(=O)O)C2)C1. The zero-order valence-electron chi connectivity index (χ0n) is 10.9. The Bertz CT molecular complexity index is 267. The Morgan fingerprint density at radius 1 is 1.29 bits per heavy atom. The number of carboxylic acids is 1. The first-order valence-corrected chi connectivity index (χ1v) is 7.14. The Balaban J connectivity index is 1.76. The maximum absolute atomic E-state index is 10.9. The zero-order valence-corrected chi connectivity index (χ0v) is 10.9. The first-order chi connectivity index (χ1) is 8.19. The van der Waals surface area contributed by atoms with Crippen molar-refractivity contribution in [2.45, 2.75) is 45.4 Å². The minimum Gasteiger partial charge on any atom is -0.481 e. The molecule has 1 heterocycles. The van der Waals surface area contributed by atoms with Crippen LogP contribution < -0.4 is 0 Å². The third-order valence-corrected chi connectivity index (χ3v) is 4.61. The second-order valence-corrected chi connectivity index (χ2v) is 5.89. The van der Waals surface area contributed by atoms with E-state index in [-0.39, 0.29) is 5.92 Å². The minimum absolute atomic E-state index is 0.111. The third kappa shape index (κ3) is 3.44. The fraction of sp³-hybridized carbons (Fsp3) is 0.929. The van der Waals surface area contributed by atoms with Crippen LogP contribution in [0.3, 0.4) is 0 Å². The molecule has 1 N–H and O–H groups in total. The van der Waals surface area contributed by atoms with E-state index in [0.29, 0.717) is 0 Å². The number of nitrogens with zero attached hydrogens (tertiary/aromatic N) is 1. The summed E-state index contributed by atoms with van der Waals surface area (Å²) in [5.74, 6) is 1.02. The highest BCUT2D eigenvalue weighted by molar-refractivity contribution is 5.70. The third-order valence-electron chi connectivity index (χ3n) is 4.61. The van der Waals surface area contributed by atoms with E-state index in [9.17, 15) is 4.79 Å². The van der Waals surface area contributed by atoms with Crippen LogP contribution in [0.25, 0.3) is 0 Å². The molecule has 0 amide bonds. The van der Waals surface area contributed by atoms with Gasteiger partial charge in [-0.15, -0.1) is 0 Å². The van der Waals surface area contributed by atoms with E-state index in [1.807, 2.05) is 0 Å². The monoisotopic (exact) mass is 239 g/mol. The number of rotatable bonds is 4. The predicted octanol–water partition coefficient (Wildman–Crippen LogP) is 2.61. The molecule has 2 fully saturated rings. The van der Waals surface area contributed by atoms with Gasteiger partial charge in [0.2, 0.25) is 0 Å². The molecule has 0 radical (unpaired) electrons. The predicted molar refractivity (Wildman–Crippen MR) is 67.9 cm³/mol. The molecule has 0 aromatic rings. The lowest BCUT2D eigenvalue weighted by Gasteiger charge is -2.31. The molecular weight excluding hydrogens is 214 g/mol. The van der Waals surface area contributed by atoms with E-state index in [4.69, 9.17) is 5.11 Å². The standard InChI is InChI=1S/C14H25NO2/c1-2-11-4-3-5-12(8-11)9-15-7-6-13(10-15)14(16)17/h11-13H,2-10H2,1H3,(H,16,17). The molecule has 1 saturated carbocycles. The summed E-state index contributed by atoms with van der Waals surface area (Å²) in [5, 5.41) is 8.99. The lowest BCUT2D eigenvalue weighted by atomic mass is 9.80. The van der Waals surface area contributed by atoms with Crippen LogP contribution >= 0.6 is 0 Å². The van der Waals surface area contributed by atoms with Gasteiger partial charge in [-0.1, -0.05) is 26.2 Å². The molecule has 3 unspecified atom stereocenters. The van der Waals surface area contributed by atoms with E-state index in [1.165, 1.54) is 32.1 Å². The highest BCUT2D eigenvalue weighted by atomic mass is 16.4. The van der Waals surface area contributed by atoms with Gasteiger partial charge in [-0.2, -0.15) is 0 Å². The van der Waals surface area contributed by atoms with E-state index in [2.05, 4.69) is 11.8 Å². The van der Waals surface area contributed by atoms with Crippen molar-refractivity contribution in [3.63, 3.8) is 0 Å². The Labute approximate surface area is 104 Å². The average Bonchev–Trinajstić information content (AvgIpc) is 2.78. The summed E-state index contributed by atoms with van der Waals surface area (Å²) >= 11 is 0.